The Kier molecular flexibility index (Phi) is 2.99. The van der Waals surface area contributed by atoms with Crippen LogP contribution in [0.25, 0.3) is 22.4 Å². The summed E-state index contributed by atoms with van der Waals surface area (Å²) in [5.74, 6) is 0.514. The zero-order chi connectivity index (χ0) is 14.1. The summed E-state index contributed by atoms with van der Waals surface area (Å²) in [6, 6.07) is 10.2. The number of nitrogen functional groups attached to an aromatic ring is 1. The molecule has 0 aliphatic carbocycles. The summed E-state index contributed by atoms with van der Waals surface area (Å²) < 4.78 is 0. The van der Waals surface area contributed by atoms with Crippen molar-refractivity contribution in [2.75, 3.05) is 5.73 Å². The summed E-state index contributed by atoms with van der Waals surface area (Å²) in [5.41, 5.74) is 12.5. The van der Waals surface area contributed by atoms with E-state index in [0.717, 1.165) is 22.4 Å². The summed E-state index contributed by atoms with van der Waals surface area (Å²) in [5, 5.41) is 7.17. The molecular formula is C16H16N4. The van der Waals surface area contributed by atoms with Crippen molar-refractivity contribution in [2.24, 2.45) is 0 Å². The number of H-pyrrole nitrogens is 1. The van der Waals surface area contributed by atoms with E-state index in [2.05, 4.69) is 47.2 Å². The van der Waals surface area contributed by atoms with Crippen LogP contribution in [-0.2, 0) is 0 Å². The Balaban J connectivity index is 2.19. The van der Waals surface area contributed by atoms with Crippen molar-refractivity contribution in [2.45, 2.75) is 13.8 Å². The average molecular weight is 264 g/mol. The van der Waals surface area contributed by atoms with Gasteiger partial charge < -0.3 is 5.73 Å². The van der Waals surface area contributed by atoms with E-state index >= 15 is 0 Å². The number of aromatic nitrogens is 3. The highest BCUT2D eigenvalue weighted by atomic mass is 15.2. The molecular weight excluding hydrogens is 248 g/mol. The van der Waals surface area contributed by atoms with E-state index in [0.29, 0.717) is 5.82 Å². The van der Waals surface area contributed by atoms with Gasteiger partial charge >= 0.3 is 0 Å². The summed E-state index contributed by atoms with van der Waals surface area (Å²) in [7, 11) is 0. The molecule has 2 aromatic heterocycles. The van der Waals surface area contributed by atoms with Crippen LogP contribution in [0.4, 0.5) is 5.82 Å². The van der Waals surface area contributed by atoms with Gasteiger partial charge in [-0.2, -0.15) is 5.10 Å². The van der Waals surface area contributed by atoms with Crippen LogP contribution < -0.4 is 5.73 Å². The molecule has 0 amide bonds. The molecule has 3 N–H and O–H groups in total. The van der Waals surface area contributed by atoms with Crippen LogP contribution in [0.2, 0.25) is 0 Å². The lowest BCUT2D eigenvalue weighted by molar-refractivity contribution is 1.10. The number of nitrogens with two attached hydrogens (primary N) is 1. The summed E-state index contributed by atoms with van der Waals surface area (Å²) in [6.45, 7) is 4.20. The first-order valence-corrected chi connectivity index (χ1v) is 6.48. The standard InChI is InChI=1S/C16H16N4/c1-10-3-4-13(9-11(10)2)14-15(19-20-16(14)17)12-5-7-18-8-6-12/h3-9H,1-2H3,(H3,17,19,20). The van der Waals surface area contributed by atoms with Crippen molar-refractivity contribution in [3.63, 3.8) is 0 Å². The zero-order valence-corrected chi connectivity index (χ0v) is 11.5. The van der Waals surface area contributed by atoms with E-state index in [1.807, 2.05) is 12.1 Å². The first-order valence-electron chi connectivity index (χ1n) is 6.48. The molecule has 1 aromatic carbocycles. The minimum absolute atomic E-state index is 0.514. The van der Waals surface area contributed by atoms with Gasteiger partial charge in [0.25, 0.3) is 0 Å². The van der Waals surface area contributed by atoms with Crippen molar-refractivity contribution in [1.29, 1.82) is 0 Å². The smallest absolute Gasteiger partial charge is 0.153 e. The zero-order valence-electron chi connectivity index (χ0n) is 11.5. The predicted octanol–water partition coefficient (Wildman–Crippen LogP) is 3.34. The lowest BCUT2D eigenvalue weighted by Crippen LogP contribution is -1.90. The molecule has 0 saturated carbocycles. The Hall–Kier alpha value is -2.62. The van der Waals surface area contributed by atoms with E-state index in [9.17, 15) is 0 Å². The number of aromatic amines is 1. The SMILES string of the molecule is Cc1ccc(-c2c(N)n[nH]c2-c2ccncc2)cc1C. The fraction of sp³-hybridized carbons (Fsp3) is 0.125. The number of aryl methyl sites for hydroxylation is 2. The van der Waals surface area contributed by atoms with Gasteiger partial charge in [-0.25, -0.2) is 0 Å². The first-order chi connectivity index (χ1) is 9.66. The Bertz CT molecular complexity index is 744. The van der Waals surface area contributed by atoms with E-state index in [-0.39, 0.29) is 0 Å². The molecule has 0 atom stereocenters. The maximum Gasteiger partial charge on any atom is 0.153 e. The van der Waals surface area contributed by atoms with Crippen LogP contribution in [0.3, 0.4) is 0 Å². The third kappa shape index (κ3) is 2.05. The molecule has 0 bridgehead atoms. The van der Waals surface area contributed by atoms with Gasteiger partial charge in [0.1, 0.15) is 0 Å². The second kappa shape index (κ2) is 4.81. The van der Waals surface area contributed by atoms with Crippen LogP contribution >= 0.6 is 0 Å². The lowest BCUT2D eigenvalue weighted by Gasteiger charge is -2.07. The molecule has 4 heteroatoms. The van der Waals surface area contributed by atoms with Gasteiger partial charge in [-0.3, -0.25) is 10.1 Å². The average Bonchev–Trinajstić information content (AvgIpc) is 2.85. The van der Waals surface area contributed by atoms with E-state index in [1.165, 1.54) is 11.1 Å². The minimum Gasteiger partial charge on any atom is -0.382 e. The van der Waals surface area contributed by atoms with E-state index in [4.69, 9.17) is 5.73 Å². The molecule has 3 aromatic rings. The molecule has 0 saturated heterocycles. The van der Waals surface area contributed by atoms with Crippen molar-refractivity contribution < 1.29 is 0 Å². The predicted molar refractivity (Wildman–Crippen MR) is 81.1 cm³/mol. The largest absolute Gasteiger partial charge is 0.382 e. The molecule has 4 nitrogen and oxygen atoms in total. The minimum atomic E-state index is 0.514. The van der Waals surface area contributed by atoms with Gasteiger partial charge in [-0.1, -0.05) is 18.2 Å². The third-order valence-electron chi connectivity index (χ3n) is 3.56. The molecule has 2 heterocycles. The van der Waals surface area contributed by atoms with Crippen molar-refractivity contribution in [3.8, 4) is 22.4 Å². The van der Waals surface area contributed by atoms with Crippen molar-refractivity contribution in [3.05, 3.63) is 53.9 Å². The van der Waals surface area contributed by atoms with Gasteiger partial charge in [0, 0.05) is 18.0 Å². The maximum absolute atomic E-state index is 6.04. The van der Waals surface area contributed by atoms with Crippen molar-refractivity contribution in [1.82, 2.24) is 15.2 Å². The van der Waals surface area contributed by atoms with Gasteiger partial charge in [0.05, 0.1) is 11.3 Å². The fourth-order valence-electron chi connectivity index (χ4n) is 2.27. The molecule has 0 radical (unpaired) electrons. The number of anilines is 1. The maximum atomic E-state index is 6.04. The highest BCUT2D eigenvalue weighted by Gasteiger charge is 2.14. The van der Waals surface area contributed by atoms with Crippen LogP contribution in [-0.4, -0.2) is 15.2 Å². The molecule has 0 aliphatic rings. The molecule has 0 unspecified atom stereocenters. The normalized spacial score (nSPS) is 10.7. The number of pyridine rings is 1. The number of rotatable bonds is 2. The third-order valence-corrected chi connectivity index (χ3v) is 3.56. The van der Waals surface area contributed by atoms with Gasteiger partial charge in [0.2, 0.25) is 0 Å². The molecule has 0 fully saturated rings. The van der Waals surface area contributed by atoms with E-state index < -0.39 is 0 Å². The number of nitrogens with one attached hydrogen (secondary N) is 1. The quantitative estimate of drug-likeness (QED) is 0.746. The summed E-state index contributed by atoms with van der Waals surface area (Å²) in [4.78, 5) is 4.04. The second-order valence-corrected chi connectivity index (χ2v) is 4.89. The summed E-state index contributed by atoms with van der Waals surface area (Å²) >= 11 is 0. The molecule has 100 valence electrons. The van der Waals surface area contributed by atoms with Gasteiger partial charge in [-0.05, 0) is 42.7 Å². The van der Waals surface area contributed by atoms with Crippen LogP contribution in [0.15, 0.2) is 42.7 Å². The number of hydrogen-bond donors (Lipinski definition) is 2. The Labute approximate surface area is 117 Å². The molecule has 0 aliphatic heterocycles. The highest BCUT2D eigenvalue weighted by molar-refractivity contribution is 5.87. The molecule has 0 spiro atoms. The lowest BCUT2D eigenvalue weighted by atomic mass is 9.98. The monoisotopic (exact) mass is 264 g/mol. The number of nitrogens with zero attached hydrogens (tertiary/aromatic N) is 2. The van der Waals surface area contributed by atoms with E-state index in [1.54, 1.807) is 12.4 Å². The van der Waals surface area contributed by atoms with Crippen LogP contribution in [0.1, 0.15) is 11.1 Å². The Morgan fingerprint density at radius 1 is 0.950 bits per heavy atom. The van der Waals surface area contributed by atoms with Gasteiger partial charge in [0.15, 0.2) is 5.82 Å². The number of benzene rings is 1. The topological polar surface area (TPSA) is 67.6 Å². The van der Waals surface area contributed by atoms with Gasteiger partial charge in [-0.15, -0.1) is 0 Å². The Morgan fingerprint density at radius 3 is 2.40 bits per heavy atom. The van der Waals surface area contributed by atoms with Crippen LogP contribution in [0, 0.1) is 13.8 Å². The van der Waals surface area contributed by atoms with Crippen molar-refractivity contribution >= 4 is 5.82 Å². The molecule has 3 rings (SSSR count). The van der Waals surface area contributed by atoms with Crippen LogP contribution in [0.5, 0.6) is 0 Å². The second-order valence-electron chi connectivity index (χ2n) is 4.89. The fourth-order valence-corrected chi connectivity index (χ4v) is 2.27. The first kappa shape index (κ1) is 12.4. The summed E-state index contributed by atoms with van der Waals surface area (Å²) in [6.07, 6.45) is 3.52. The highest BCUT2D eigenvalue weighted by Crippen LogP contribution is 2.35. The Morgan fingerprint density at radius 2 is 1.70 bits per heavy atom. The molecule has 20 heavy (non-hydrogen) atoms. The number of hydrogen-bond acceptors (Lipinski definition) is 3.